The smallest absolute Gasteiger partial charge is 0.201 e. The summed E-state index contributed by atoms with van der Waals surface area (Å²) in [5.41, 5.74) is 12.0. The first-order chi connectivity index (χ1) is 18.4. The van der Waals surface area contributed by atoms with Crippen molar-refractivity contribution < 1.29 is 4.57 Å². The number of hydrogen-bond acceptors (Lipinski definition) is 0. The van der Waals surface area contributed by atoms with Gasteiger partial charge in [0.15, 0.2) is 6.20 Å². The van der Waals surface area contributed by atoms with E-state index < -0.39 is 0 Å². The van der Waals surface area contributed by atoms with Gasteiger partial charge in [0.2, 0.25) is 5.69 Å². The van der Waals surface area contributed by atoms with E-state index in [1.165, 1.54) is 61.0 Å². The molecule has 1 heterocycles. The molecule has 0 bridgehead atoms. The Hall–Kier alpha value is -3.71. The van der Waals surface area contributed by atoms with Crippen molar-refractivity contribution in [3.05, 3.63) is 114 Å². The molecular weight excluding hydrogens is 470 g/mol. The van der Waals surface area contributed by atoms with E-state index in [1.807, 2.05) is 0 Å². The van der Waals surface area contributed by atoms with Crippen molar-refractivity contribution in [2.75, 3.05) is 0 Å². The van der Waals surface area contributed by atoms with Gasteiger partial charge in [0.1, 0.15) is 7.05 Å². The third kappa shape index (κ3) is 5.69. The number of hydrogen-bond donors (Lipinski definition) is 0. The molecule has 0 aliphatic carbocycles. The van der Waals surface area contributed by atoms with Gasteiger partial charge in [-0.15, -0.1) is 0 Å². The summed E-state index contributed by atoms with van der Waals surface area (Å²) in [4.78, 5) is 0. The number of benzene rings is 4. The molecular formula is C38H42N+. The van der Waals surface area contributed by atoms with Crippen LogP contribution in [-0.4, -0.2) is 0 Å². The summed E-state index contributed by atoms with van der Waals surface area (Å²) in [5.74, 6) is 0. The second-order valence-corrected chi connectivity index (χ2v) is 13.3. The molecule has 1 heteroatoms. The Morgan fingerprint density at radius 1 is 0.615 bits per heavy atom. The van der Waals surface area contributed by atoms with E-state index in [4.69, 9.17) is 0 Å². The largest absolute Gasteiger partial charge is 0.213 e. The lowest BCUT2D eigenvalue weighted by Crippen LogP contribution is -2.30. The molecule has 198 valence electrons. The highest BCUT2D eigenvalue weighted by atomic mass is 14.9. The van der Waals surface area contributed by atoms with Crippen LogP contribution >= 0.6 is 0 Å². The molecule has 1 aromatic heterocycles. The number of pyridine rings is 1. The fourth-order valence-electron chi connectivity index (χ4n) is 5.71. The number of aryl methyl sites for hydroxylation is 2. The highest BCUT2D eigenvalue weighted by Crippen LogP contribution is 2.38. The SMILES string of the molecule is Cc1c(-c2cc(-c3ccc(-c4ccc(CC(C)(C)C)cc4)cc3)cc[n+]2C)cc(C(C)(C)C)c2ccccc12. The Labute approximate surface area is 235 Å². The lowest BCUT2D eigenvalue weighted by molar-refractivity contribution is -0.660. The van der Waals surface area contributed by atoms with Gasteiger partial charge in [-0.25, -0.2) is 4.57 Å². The molecule has 0 saturated carbocycles. The van der Waals surface area contributed by atoms with Gasteiger partial charge in [-0.05, 0) is 80.0 Å². The molecule has 0 saturated heterocycles. The van der Waals surface area contributed by atoms with Crippen LogP contribution in [0.25, 0.3) is 44.3 Å². The van der Waals surface area contributed by atoms with Crippen molar-refractivity contribution in [3.63, 3.8) is 0 Å². The number of aromatic nitrogens is 1. The van der Waals surface area contributed by atoms with Gasteiger partial charge in [0.05, 0.1) is 0 Å². The molecule has 0 aliphatic rings. The van der Waals surface area contributed by atoms with Gasteiger partial charge in [-0.1, -0.05) is 114 Å². The van der Waals surface area contributed by atoms with E-state index in [-0.39, 0.29) is 5.41 Å². The number of nitrogens with zero attached hydrogens (tertiary/aromatic N) is 1. The first kappa shape index (κ1) is 26.9. The van der Waals surface area contributed by atoms with Gasteiger partial charge in [-0.3, -0.25) is 0 Å². The van der Waals surface area contributed by atoms with Crippen molar-refractivity contribution in [3.8, 4) is 33.5 Å². The Balaban J connectivity index is 1.51. The predicted molar refractivity (Wildman–Crippen MR) is 168 cm³/mol. The minimum atomic E-state index is 0.0546. The van der Waals surface area contributed by atoms with Crippen molar-refractivity contribution in [2.45, 2.75) is 60.3 Å². The van der Waals surface area contributed by atoms with Crippen LogP contribution in [0.1, 0.15) is 58.2 Å². The van der Waals surface area contributed by atoms with E-state index >= 15 is 0 Å². The summed E-state index contributed by atoms with van der Waals surface area (Å²) >= 11 is 0. The predicted octanol–water partition coefficient (Wildman–Crippen LogP) is 9.86. The molecule has 0 amide bonds. The summed E-state index contributed by atoms with van der Waals surface area (Å²) in [6, 6.07) is 33.9. The molecule has 0 radical (unpaired) electrons. The Kier molecular flexibility index (Phi) is 6.97. The van der Waals surface area contributed by atoms with Crippen LogP contribution in [0.4, 0.5) is 0 Å². The maximum absolute atomic E-state index is 2.42. The minimum Gasteiger partial charge on any atom is -0.201 e. The molecule has 5 rings (SSSR count). The Morgan fingerprint density at radius 2 is 1.15 bits per heavy atom. The Bertz CT molecular complexity index is 1620. The Morgan fingerprint density at radius 3 is 1.72 bits per heavy atom. The van der Waals surface area contributed by atoms with Crippen LogP contribution in [0, 0.1) is 12.3 Å². The van der Waals surface area contributed by atoms with Gasteiger partial charge >= 0.3 is 0 Å². The van der Waals surface area contributed by atoms with Gasteiger partial charge in [0, 0.05) is 17.7 Å². The van der Waals surface area contributed by atoms with E-state index in [0.717, 1.165) is 6.42 Å². The second kappa shape index (κ2) is 10.1. The highest BCUT2D eigenvalue weighted by molar-refractivity contribution is 5.94. The van der Waals surface area contributed by atoms with Crippen LogP contribution < -0.4 is 4.57 Å². The van der Waals surface area contributed by atoms with Crippen LogP contribution in [0.2, 0.25) is 0 Å². The molecule has 5 aromatic rings. The zero-order valence-electron chi connectivity index (χ0n) is 24.9. The maximum Gasteiger partial charge on any atom is 0.213 e. The first-order valence-electron chi connectivity index (χ1n) is 14.1. The fourth-order valence-corrected chi connectivity index (χ4v) is 5.71. The molecule has 4 aromatic carbocycles. The summed E-state index contributed by atoms with van der Waals surface area (Å²) in [6.45, 7) is 16.1. The van der Waals surface area contributed by atoms with E-state index in [1.54, 1.807) is 0 Å². The standard InChI is InChI=1S/C38H42N/c1-26-32-11-9-10-12-33(32)35(38(5,6)7)24-34(26)36-23-31(21-22-39(36)8)30-19-17-29(18-20-30)28-15-13-27(14-16-28)25-37(2,3)4/h9-24H,25H2,1-8H3/q+1. The molecule has 0 spiro atoms. The van der Waals surface area contributed by atoms with Crippen molar-refractivity contribution in [1.82, 2.24) is 0 Å². The third-order valence-electron chi connectivity index (χ3n) is 7.79. The first-order valence-corrected chi connectivity index (χ1v) is 14.1. The van der Waals surface area contributed by atoms with Crippen LogP contribution in [0.5, 0.6) is 0 Å². The summed E-state index contributed by atoms with van der Waals surface area (Å²) in [6.07, 6.45) is 3.28. The molecule has 0 unspecified atom stereocenters. The van der Waals surface area contributed by atoms with Gasteiger partial charge < -0.3 is 0 Å². The summed E-state index contributed by atoms with van der Waals surface area (Å²) < 4.78 is 2.25. The average molecular weight is 513 g/mol. The van der Waals surface area contributed by atoms with E-state index in [0.29, 0.717) is 5.41 Å². The summed E-state index contributed by atoms with van der Waals surface area (Å²) in [7, 11) is 2.15. The maximum atomic E-state index is 2.42. The van der Waals surface area contributed by atoms with Crippen LogP contribution in [0.15, 0.2) is 97.2 Å². The molecule has 0 N–H and O–H groups in total. The lowest BCUT2D eigenvalue weighted by atomic mass is 9.80. The van der Waals surface area contributed by atoms with Crippen LogP contribution in [0.3, 0.4) is 0 Å². The molecule has 1 nitrogen and oxygen atoms in total. The molecule has 39 heavy (non-hydrogen) atoms. The van der Waals surface area contributed by atoms with Crippen molar-refractivity contribution in [1.29, 1.82) is 0 Å². The topological polar surface area (TPSA) is 3.88 Å². The van der Waals surface area contributed by atoms with Gasteiger partial charge in [-0.2, -0.15) is 0 Å². The zero-order valence-corrected chi connectivity index (χ0v) is 24.9. The minimum absolute atomic E-state index is 0.0546. The lowest BCUT2D eigenvalue weighted by Gasteiger charge is -2.24. The number of rotatable bonds is 4. The summed E-state index contributed by atoms with van der Waals surface area (Å²) in [5, 5.41) is 2.69. The molecule has 0 fully saturated rings. The van der Waals surface area contributed by atoms with Crippen molar-refractivity contribution >= 4 is 10.8 Å². The molecule has 0 atom stereocenters. The van der Waals surface area contributed by atoms with E-state index in [9.17, 15) is 0 Å². The number of fused-ring (bicyclic) bond motifs is 1. The zero-order chi connectivity index (χ0) is 27.9. The highest BCUT2D eigenvalue weighted by Gasteiger charge is 2.23. The second-order valence-electron chi connectivity index (χ2n) is 13.3. The van der Waals surface area contributed by atoms with E-state index in [2.05, 4.69) is 157 Å². The normalized spacial score (nSPS) is 12.2. The quantitative estimate of drug-likeness (QED) is 0.211. The van der Waals surface area contributed by atoms with Crippen LogP contribution in [-0.2, 0) is 18.9 Å². The third-order valence-corrected chi connectivity index (χ3v) is 7.79. The monoisotopic (exact) mass is 512 g/mol. The van der Waals surface area contributed by atoms with Crippen molar-refractivity contribution in [2.24, 2.45) is 12.5 Å². The fraction of sp³-hybridized carbons (Fsp3) is 0.289. The molecule has 0 aliphatic heterocycles. The van der Waals surface area contributed by atoms with Gasteiger partial charge in [0.25, 0.3) is 0 Å². The average Bonchev–Trinajstić information content (AvgIpc) is 2.89.